The molecule has 1 rings (SSSR count). The second-order valence-electron chi connectivity index (χ2n) is 3.78. The van der Waals surface area contributed by atoms with E-state index in [0.717, 1.165) is 0 Å². The lowest BCUT2D eigenvalue weighted by Crippen LogP contribution is -2.40. The third-order valence-electron chi connectivity index (χ3n) is 2.13. The third kappa shape index (κ3) is 4.52. The maximum absolute atomic E-state index is 12.3. The van der Waals surface area contributed by atoms with Crippen LogP contribution >= 0.6 is 11.6 Å². The molecule has 1 aromatic rings. The van der Waals surface area contributed by atoms with Crippen LogP contribution in [0.25, 0.3) is 0 Å². The number of halogens is 4. The summed E-state index contributed by atoms with van der Waals surface area (Å²) in [5.74, 6) is -0.773. The molecule has 0 spiro atoms. The molecule has 0 aliphatic rings. The van der Waals surface area contributed by atoms with Gasteiger partial charge in [0.2, 0.25) is 0 Å². The van der Waals surface area contributed by atoms with Crippen LogP contribution in [-0.4, -0.2) is 40.9 Å². The van der Waals surface area contributed by atoms with Crippen LogP contribution in [0.5, 0.6) is 0 Å². The van der Waals surface area contributed by atoms with Gasteiger partial charge in [-0.15, -0.1) is 11.6 Å². The van der Waals surface area contributed by atoms with Gasteiger partial charge in [-0.05, 0) is 18.6 Å². The van der Waals surface area contributed by atoms with E-state index in [9.17, 15) is 18.0 Å². The average Bonchev–Trinajstić information content (AvgIpc) is 2.26. The van der Waals surface area contributed by atoms with E-state index >= 15 is 0 Å². The highest BCUT2D eigenvalue weighted by atomic mass is 35.5. The lowest BCUT2D eigenvalue weighted by Gasteiger charge is -2.23. The van der Waals surface area contributed by atoms with Crippen molar-refractivity contribution in [3.8, 4) is 0 Å². The van der Waals surface area contributed by atoms with Crippen molar-refractivity contribution in [2.45, 2.75) is 13.1 Å². The molecule has 3 nitrogen and oxygen atoms in total. The number of nitrogens with zero attached hydrogens (tertiary/aromatic N) is 2. The van der Waals surface area contributed by atoms with Crippen LogP contribution in [0.15, 0.2) is 18.5 Å². The summed E-state index contributed by atoms with van der Waals surface area (Å²) in [5, 5.41) is 0. The van der Waals surface area contributed by atoms with Crippen LogP contribution in [0.4, 0.5) is 13.2 Å². The van der Waals surface area contributed by atoms with E-state index in [-0.39, 0.29) is 18.0 Å². The van der Waals surface area contributed by atoms with Gasteiger partial charge in [0, 0.05) is 24.8 Å². The van der Waals surface area contributed by atoms with Gasteiger partial charge in [0.15, 0.2) is 0 Å². The highest BCUT2D eigenvalue weighted by Gasteiger charge is 2.33. The zero-order valence-electron chi connectivity index (χ0n) is 9.67. The Hall–Kier alpha value is -1.30. The number of alkyl halides is 4. The minimum Gasteiger partial charge on any atom is -0.328 e. The number of hydrogen-bond donors (Lipinski definition) is 0. The molecule has 0 unspecified atom stereocenters. The topological polar surface area (TPSA) is 33.2 Å². The fraction of sp³-hybridized carbons (Fsp3) is 0.455. The molecule has 7 heteroatoms. The number of aromatic nitrogens is 1. The van der Waals surface area contributed by atoms with E-state index in [2.05, 4.69) is 4.98 Å². The first-order valence-corrected chi connectivity index (χ1v) is 5.70. The second-order valence-corrected chi connectivity index (χ2v) is 4.16. The maximum Gasteiger partial charge on any atom is 0.406 e. The van der Waals surface area contributed by atoms with Crippen molar-refractivity contribution in [2.24, 2.45) is 0 Å². The Morgan fingerprint density at radius 1 is 1.44 bits per heavy atom. The zero-order chi connectivity index (χ0) is 13.8. The van der Waals surface area contributed by atoms with Gasteiger partial charge in [0.1, 0.15) is 6.54 Å². The van der Waals surface area contributed by atoms with Crippen LogP contribution in [0.2, 0.25) is 0 Å². The molecule has 0 bridgehead atoms. The Balaban J connectivity index is 2.89. The van der Waals surface area contributed by atoms with Crippen molar-refractivity contribution in [1.82, 2.24) is 9.88 Å². The van der Waals surface area contributed by atoms with Gasteiger partial charge in [0.05, 0.1) is 5.56 Å². The molecule has 0 aliphatic carbocycles. The zero-order valence-corrected chi connectivity index (χ0v) is 10.4. The predicted octanol–water partition coefficient (Wildman–Crippen LogP) is 2.63. The van der Waals surface area contributed by atoms with Crippen LogP contribution in [0.3, 0.4) is 0 Å². The molecule has 0 atom stereocenters. The van der Waals surface area contributed by atoms with Gasteiger partial charge in [0.25, 0.3) is 5.91 Å². The number of aryl methyl sites for hydroxylation is 1. The lowest BCUT2D eigenvalue weighted by molar-refractivity contribution is -0.140. The summed E-state index contributed by atoms with van der Waals surface area (Å²) in [5.41, 5.74) is 0.836. The monoisotopic (exact) mass is 280 g/mol. The van der Waals surface area contributed by atoms with Gasteiger partial charge < -0.3 is 4.90 Å². The van der Waals surface area contributed by atoms with E-state index in [0.29, 0.717) is 10.5 Å². The fourth-order valence-corrected chi connectivity index (χ4v) is 1.63. The number of amides is 1. The molecule has 100 valence electrons. The van der Waals surface area contributed by atoms with E-state index in [1.807, 2.05) is 0 Å². The van der Waals surface area contributed by atoms with Gasteiger partial charge in [-0.1, -0.05) is 0 Å². The fourth-order valence-electron chi connectivity index (χ4n) is 1.43. The molecular formula is C11H12ClF3N2O. The minimum absolute atomic E-state index is 0.0545. The Labute approximate surface area is 108 Å². The van der Waals surface area contributed by atoms with Crippen molar-refractivity contribution in [3.05, 3.63) is 29.6 Å². The second kappa shape index (κ2) is 6.04. The first kappa shape index (κ1) is 14.8. The van der Waals surface area contributed by atoms with Gasteiger partial charge >= 0.3 is 6.18 Å². The minimum atomic E-state index is -4.45. The summed E-state index contributed by atoms with van der Waals surface area (Å²) in [6, 6.07) is 1.49. The van der Waals surface area contributed by atoms with Crippen LogP contribution in [0.1, 0.15) is 15.9 Å². The Bertz CT molecular complexity index is 423. The average molecular weight is 281 g/mol. The number of hydrogen-bond acceptors (Lipinski definition) is 2. The highest BCUT2D eigenvalue weighted by molar-refractivity contribution is 6.18. The van der Waals surface area contributed by atoms with Crippen LogP contribution < -0.4 is 0 Å². The SMILES string of the molecule is Cc1cncc(C(=O)N(CCCl)CC(F)(F)F)c1. The largest absolute Gasteiger partial charge is 0.406 e. The summed E-state index contributed by atoms with van der Waals surface area (Å²) in [4.78, 5) is 16.3. The first-order chi connectivity index (χ1) is 8.33. The third-order valence-corrected chi connectivity index (χ3v) is 2.30. The first-order valence-electron chi connectivity index (χ1n) is 5.17. The number of carbonyl (C=O) groups excluding carboxylic acids is 1. The summed E-state index contributed by atoms with van der Waals surface area (Å²) >= 11 is 5.41. The smallest absolute Gasteiger partial charge is 0.328 e. The lowest BCUT2D eigenvalue weighted by atomic mass is 10.2. The predicted molar refractivity (Wildman–Crippen MR) is 61.7 cm³/mol. The van der Waals surface area contributed by atoms with E-state index < -0.39 is 18.6 Å². The quantitative estimate of drug-likeness (QED) is 0.795. The Morgan fingerprint density at radius 2 is 2.11 bits per heavy atom. The molecule has 18 heavy (non-hydrogen) atoms. The van der Waals surface area contributed by atoms with Crippen molar-refractivity contribution < 1.29 is 18.0 Å². The summed E-state index contributed by atoms with van der Waals surface area (Å²) in [6.07, 6.45) is -1.68. The van der Waals surface area contributed by atoms with E-state index in [4.69, 9.17) is 11.6 Å². The summed E-state index contributed by atoms with van der Waals surface area (Å²) in [7, 11) is 0. The molecule has 0 fully saturated rings. The van der Waals surface area contributed by atoms with Crippen molar-refractivity contribution in [3.63, 3.8) is 0 Å². The molecule has 1 aromatic heterocycles. The maximum atomic E-state index is 12.3. The van der Waals surface area contributed by atoms with Crippen LogP contribution in [-0.2, 0) is 0 Å². The number of pyridine rings is 1. The molecule has 0 saturated carbocycles. The Morgan fingerprint density at radius 3 is 2.61 bits per heavy atom. The van der Waals surface area contributed by atoms with Gasteiger partial charge in [-0.25, -0.2) is 0 Å². The Kier molecular flexibility index (Phi) is 4.95. The van der Waals surface area contributed by atoms with Crippen LogP contribution in [0, 0.1) is 6.92 Å². The van der Waals surface area contributed by atoms with Gasteiger partial charge in [-0.3, -0.25) is 9.78 Å². The molecule has 0 N–H and O–H groups in total. The molecule has 0 aromatic carbocycles. The molecule has 1 amide bonds. The number of rotatable bonds is 4. The number of carbonyl (C=O) groups is 1. The van der Waals surface area contributed by atoms with Crippen molar-refractivity contribution in [1.29, 1.82) is 0 Å². The standard InChI is InChI=1S/C11H12ClF3N2O/c1-8-4-9(6-16-5-8)10(18)17(3-2-12)7-11(13,14)15/h4-6H,2-3,7H2,1H3. The molecule has 0 radical (unpaired) electrons. The normalized spacial score (nSPS) is 11.4. The molecule has 1 heterocycles. The highest BCUT2D eigenvalue weighted by Crippen LogP contribution is 2.18. The van der Waals surface area contributed by atoms with Crippen molar-refractivity contribution >= 4 is 17.5 Å². The van der Waals surface area contributed by atoms with Gasteiger partial charge in [-0.2, -0.15) is 13.2 Å². The molecular weight excluding hydrogens is 269 g/mol. The summed E-state index contributed by atoms with van der Waals surface area (Å²) < 4.78 is 37.0. The van der Waals surface area contributed by atoms with E-state index in [1.165, 1.54) is 18.5 Å². The van der Waals surface area contributed by atoms with E-state index in [1.54, 1.807) is 6.92 Å². The van der Waals surface area contributed by atoms with Crippen molar-refractivity contribution in [2.75, 3.05) is 19.0 Å². The molecule has 0 saturated heterocycles. The molecule has 0 aliphatic heterocycles. The summed E-state index contributed by atoms with van der Waals surface area (Å²) in [6.45, 7) is 0.236.